The molecule has 0 saturated heterocycles. The topological polar surface area (TPSA) is 96.8 Å². The van der Waals surface area contributed by atoms with Gasteiger partial charge in [0.2, 0.25) is 11.9 Å². The molecule has 8 nitrogen and oxygen atoms in total. The summed E-state index contributed by atoms with van der Waals surface area (Å²) in [5, 5.41) is 13.1. The van der Waals surface area contributed by atoms with Gasteiger partial charge in [0.1, 0.15) is 12.4 Å². The quantitative estimate of drug-likeness (QED) is 0.619. The molecule has 22 heavy (non-hydrogen) atoms. The number of carbonyl (C=O) groups is 1. The van der Waals surface area contributed by atoms with E-state index in [1.165, 1.54) is 0 Å². The Morgan fingerprint density at radius 1 is 1.27 bits per heavy atom. The van der Waals surface area contributed by atoms with Crippen molar-refractivity contribution < 1.29 is 4.79 Å². The van der Waals surface area contributed by atoms with Crippen LogP contribution in [0.25, 0.3) is 0 Å². The van der Waals surface area contributed by atoms with Crippen LogP contribution in [0, 0.1) is 6.92 Å². The molecule has 2 heterocycles. The summed E-state index contributed by atoms with van der Waals surface area (Å²) in [6.07, 6.45) is 3.40. The van der Waals surface area contributed by atoms with Crippen LogP contribution in [0.4, 0.5) is 11.8 Å². The lowest BCUT2D eigenvalue weighted by molar-refractivity contribution is -0.121. The maximum Gasteiger partial charge on any atom is 0.241 e. The molecular weight excluding hydrogens is 282 g/mol. The predicted octanol–water partition coefficient (Wildman–Crippen LogP) is 0.642. The average Bonchev–Trinajstić information content (AvgIpc) is 2.96. The van der Waals surface area contributed by atoms with Crippen LogP contribution in [0.5, 0.6) is 0 Å². The van der Waals surface area contributed by atoms with Crippen LogP contribution in [-0.4, -0.2) is 45.3 Å². The highest BCUT2D eigenvalue weighted by atomic mass is 16.2. The maximum absolute atomic E-state index is 11.7. The number of hydrogen-bond acceptors (Lipinski definition) is 6. The molecule has 0 saturated carbocycles. The minimum absolute atomic E-state index is 0.0716. The molecule has 2 rings (SSSR count). The lowest BCUT2D eigenvalue weighted by Gasteiger charge is -2.10. The minimum Gasteiger partial charge on any atom is -0.368 e. The van der Waals surface area contributed by atoms with Crippen LogP contribution in [0.15, 0.2) is 24.5 Å². The van der Waals surface area contributed by atoms with E-state index in [0.29, 0.717) is 19.0 Å². The highest BCUT2D eigenvalue weighted by molar-refractivity contribution is 5.75. The van der Waals surface area contributed by atoms with Gasteiger partial charge in [-0.05, 0) is 19.9 Å². The number of amides is 1. The number of hydrogen-bond donors (Lipinski definition) is 3. The van der Waals surface area contributed by atoms with E-state index in [1.54, 1.807) is 23.1 Å². The molecular formula is C14H21N7O. The van der Waals surface area contributed by atoms with Gasteiger partial charge >= 0.3 is 0 Å². The molecule has 0 radical (unpaired) electrons. The molecule has 0 fully saturated rings. The van der Waals surface area contributed by atoms with Crippen molar-refractivity contribution in [3.8, 4) is 0 Å². The second-order valence-electron chi connectivity index (χ2n) is 4.73. The highest BCUT2D eigenvalue weighted by Crippen LogP contribution is 2.08. The Morgan fingerprint density at radius 3 is 2.86 bits per heavy atom. The molecule has 0 bridgehead atoms. The van der Waals surface area contributed by atoms with E-state index in [0.717, 1.165) is 18.1 Å². The first-order valence-electron chi connectivity index (χ1n) is 7.25. The Labute approximate surface area is 129 Å². The van der Waals surface area contributed by atoms with Gasteiger partial charge in [0.25, 0.3) is 0 Å². The Kier molecular flexibility index (Phi) is 5.70. The van der Waals surface area contributed by atoms with Crippen LogP contribution in [0.2, 0.25) is 0 Å². The zero-order valence-electron chi connectivity index (χ0n) is 12.8. The predicted molar refractivity (Wildman–Crippen MR) is 84.7 cm³/mol. The van der Waals surface area contributed by atoms with Crippen LogP contribution in [0.1, 0.15) is 12.6 Å². The van der Waals surface area contributed by atoms with Gasteiger partial charge in [-0.15, -0.1) is 0 Å². The number of aromatic nitrogens is 4. The van der Waals surface area contributed by atoms with Gasteiger partial charge < -0.3 is 16.0 Å². The van der Waals surface area contributed by atoms with Crippen molar-refractivity contribution in [1.29, 1.82) is 0 Å². The van der Waals surface area contributed by atoms with E-state index in [9.17, 15) is 4.79 Å². The fourth-order valence-electron chi connectivity index (χ4n) is 1.89. The molecule has 1 amide bonds. The lowest BCUT2D eigenvalue weighted by Crippen LogP contribution is -2.31. The first-order chi connectivity index (χ1) is 10.7. The van der Waals surface area contributed by atoms with Gasteiger partial charge in [-0.3, -0.25) is 9.48 Å². The van der Waals surface area contributed by atoms with Gasteiger partial charge in [-0.1, -0.05) is 0 Å². The second-order valence-corrected chi connectivity index (χ2v) is 4.73. The Balaban J connectivity index is 1.73. The monoisotopic (exact) mass is 303 g/mol. The molecule has 0 aliphatic carbocycles. The molecule has 0 atom stereocenters. The smallest absolute Gasteiger partial charge is 0.241 e. The molecule has 0 aliphatic rings. The molecule has 0 unspecified atom stereocenters. The third kappa shape index (κ3) is 5.04. The fraction of sp³-hybridized carbons (Fsp3) is 0.429. The zero-order valence-corrected chi connectivity index (χ0v) is 12.8. The summed E-state index contributed by atoms with van der Waals surface area (Å²) in [6.45, 7) is 6.01. The van der Waals surface area contributed by atoms with Crippen LogP contribution >= 0.6 is 0 Å². The summed E-state index contributed by atoms with van der Waals surface area (Å²) in [4.78, 5) is 20.3. The molecule has 3 N–H and O–H groups in total. The van der Waals surface area contributed by atoms with Crippen molar-refractivity contribution in [3.05, 3.63) is 30.2 Å². The first kappa shape index (κ1) is 15.7. The largest absolute Gasteiger partial charge is 0.368 e. The summed E-state index contributed by atoms with van der Waals surface area (Å²) in [6, 6.07) is 3.65. The lowest BCUT2D eigenvalue weighted by atomic mass is 10.4. The van der Waals surface area contributed by atoms with Crippen molar-refractivity contribution in [1.82, 2.24) is 25.1 Å². The van der Waals surface area contributed by atoms with Crippen molar-refractivity contribution >= 4 is 17.7 Å². The molecule has 2 aromatic heterocycles. The van der Waals surface area contributed by atoms with Crippen LogP contribution in [-0.2, 0) is 11.3 Å². The van der Waals surface area contributed by atoms with E-state index in [-0.39, 0.29) is 12.5 Å². The van der Waals surface area contributed by atoms with E-state index in [2.05, 4.69) is 31.0 Å². The Bertz CT molecular complexity index is 597. The number of carbonyl (C=O) groups excluding carboxylic acids is 1. The van der Waals surface area contributed by atoms with Gasteiger partial charge in [0.15, 0.2) is 0 Å². The SMILES string of the molecule is CCNc1nc(C)cc(NCCNC(=O)Cn2cccn2)n1. The van der Waals surface area contributed by atoms with Crippen molar-refractivity contribution in [2.24, 2.45) is 0 Å². The van der Waals surface area contributed by atoms with Gasteiger partial charge in [-0.25, -0.2) is 4.98 Å². The third-order valence-electron chi connectivity index (χ3n) is 2.81. The Hall–Kier alpha value is -2.64. The highest BCUT2D eigenvalue weighted by Gasteiger charge is 2.03. The normalized spacial score (nSPS) is 10.3. The number of aryl methyl sites for hydroxylation is 1. The fourth-order valence-corrected chi connectivity index (χ4v) is 1.89. The second kappa shape index (κ2) is 7.96. The summed E-state index contributed by atoms with van der Waals surface area (Å²) in [5.74, 6) is 1.27. The van der Waals surface area contributed by atoms with Crippen molar-refractivity contribution in [2.45, 2.75) is 20.4 Å². The van der Waals surface area contributed by atoms with E-state index >= 15 is 0 Å². The zero-order chi connectivity index (χ0) is 15.8. The standard InChI is InChI=1S/C14H21N7O/c1-3-15-14-19-11(2)9-12(20-14)16-6-7-17-13(22)10-21-8-4-5-18-21/h4-5,8-9H,3,6-7,10H2,1-2H3,(H,17,22)(H2,15,16,19,20). The first-order valence-corrected chi connectivity index (χ1v) is 7.25. The molecule has 118 valence electrons. The van der Waals surface area contributed by atoms with Crippen LogP contribution in [0.3, 0.4) is 0 Å². The van der Waals surface area contributed by atoms with Gasteiger partial charge in [-0.2, -0.15) is 10.1 Å². The van der Waals surface area contributed by atoms with Gasteiger partial charge in [0, 0.05) is 43.8 Å². The molecule has 2 aromatic rings. The van der Waals surface area contributed by atoms with Crippen molar-refractivity contribution in [3.63, 3.8) is 0 Å². The summed E-state index contributed by atoms with van der Waals surface area (Å²) < 4.78 is 1.58. The molecule has 0 spiro atoms. The summed E-state index contributed by atoms with van der Waals surface area (Å²) in [7, 11) is 0. The third-order valence-corrected chi connectivity index (χ3v) is 2.81. The number of rotatable bonds is 8. The molecule has 0 aliphatic heterocycles. The van der Waals surface area contributed by atoms with Crippen LogP contribution < -0.4 is 16.0 Å². The minimum atomic E-state index is -0.0716. The van der Waals surface area contributed by atoms with E-state index in [4.69, 9.17) is 0 Å². The van der Waals surface area contributed by atoms with Gasteiger partial charge in [0.05, 0.1) is 0 Å². The Morgan fingerprint density at radius 2 is 2.14 bits per heavy atom. The number of nitrogens with zero attached hydrogens (tertiary/aromatic N) is 4. The summed E-state index contributed by atoms with van der Waals surface area (Å²) in [5.41, 5.74) is 0.885. The average molecular weight is 303 g/mol. The maximum atomic E-state index is 11.7. The molecule has 8 heteroatoms. The number of anilines is 2. The summed E-state index contributed by atoms with van der Waals surface area (Å²) >= 11 is 0. The van der Waals surface area contributed by atoms with E-state index < -0.39 is 0 Å². The van der Waals surface area contributed by atoms with Crippen molar-refractivity contribution in [2.75, 3.05) is 30.3 Å². The number of nitrogens with one attached hydrogen (secondary N) is 3. The molecule has 0 aromatic carbocycles. The van der Waals surface area contributed by atoms with E-state index in [1.807, 2.05) is 19.9 Å².